The molecule has 0 saturated carbocycles. The number of aryl methyl sites for hydroxylation is 1. The summed E-state index contributed by atoms with van der Waals surface area (Å²) in [6.45, 7) is 1.34. The van der Waals surface area contributed by atoms with Gasteiger partial charge in [0.25, 0.3) is 5.89 Å². The van der Waals surface area contributed by atoms with Gasteiger partial charge in [0.2, 0.25) is 5.89 Å². The molecule has 0 fully saturated rings. The largest absolute Gasteiger partial charge is 0.459 e. The van der Waals surface area contributed by atoms with Crippen LogP contribution < -0.4 is 5.32 Å². The van der Waals surface area contributed by atoms with E-state index in [-0.39, 0.29) is 0 Å². The third kappa shape index (κ3) is 2.45. The smallest absolute Gasteiger partial charge is 0.283 e. The maximum absolute atomic E-state index is 5.56. The van der Waals surface area contributed by atoms with E-state index in [1.807, 2.05) is 4.68 Å². The standard InChI is InChI=1S/C13H14N6O2/c1-2-10(20-5-1)13-18-17-12(21-13)6-14-9-3-4-11-15-8-16-19(11)7-9/h1-2,5,8-9,14H,3-4,6-7H2. The van der Waals surface area contributed by atoms with Crippen LogP contribution in [0.4, 0.5) is 0 Å². The predicted molar refractivity (Wildman–Crippen MR) is 71.0 cm³/mol. The average Bonchev–Trinajstić information content (AvgIpc) is 3.24. The molecule has 0 spiro atoms. The molecule has 8 nitrogen and oxygen atoms in total. The lowest BCUT2D eigenvalue weighted by atomic mass is 10.1. The van der Waals surface area contributed by atoms with E-state index in [0.717, 1.165) is 25.2 Å². The molecule has 4 rings (SSSR count). The fraction of sp³-hybridized carbons (Fsp3) is 0.385. The number of furan rings is 1. The first-order valence-corrected chi connectivity index (χ1v) is 6.85. The van der Waals surface area contributed by atoms with E-state index in [2.05, 4.69) is 25.6 Å². The zero-order chi connectivity index (χ0) is 14.1. The Kier molecular flexibility index (Phi) is 3.00. The van der Waals surface area contributed by atoms with Gasteiger partial charge in [0.15, 0.2) is 5.76 Å². The number of nitrogens with zero attached hydrogens (tertiary/aromatic N) is 5. The van der Waals surface area contributed by atoms with Gasteiger partial charge < -0.3 is 14.2 Å². The van der Waals surface area contributed by atoms with Crippen molar-refractivity contribution in [2.75, 3.05) is 0 Å². The van der Waals surface area contributed by atoms with Gasteiger partial charge in [-0.05, 0) is 18.6 Å². The third-order valence-corrected chi connectivity index (χ3v) is 3.55. The summed E-state index contributed by atoms with van der Waals surface area (Å²) < 4.78 is 12.7. The topological polar surface area (TPSA) is 94.8 Å². The van der Waals surface area contributed by atoms with Gasteiger partial charge >= 0.3 is 0 Å². The molecule has 1 atom stereocenters. The Hall–Kier alpha value is -2.48. The molecule has 3 aromatic rings. The van der Waals surface area contributed by atoms with Crippen LogP contribution in [0.3, 0.4) is 0 Å². The quantitative estimate of drug-likeness (QED) is 0.765. The van der Waals surface area contributed by atoms with Gasteiger partial charge in [-0.25, -0.2) is 9.67 Å². The zero-order valence-electron chi connectivity index (χ0n) is 11.3. The van der Waals surface area contributed by atoms with Crippen LogP contribution in [-0.4, -0.2) is 31.0 Å². The highest BCUT2D eigenvalue weighted by molar-refractivity contribution is 5.42. The summed E-state index contributed by atoms with van der Waals surface area (Å²) in [6.07, 6.45) is 5.14. The average molecular weight is 286 g/mol. The summed E-state index contributed by atoms with van der Waals surface area (Å²) >= 11 is 0. The van der Waals surface area contributed by atoms with Crippen LogP contribution in [0.1, 0.15) is 18.1 Å². The van der Waals surface area contributed by atoms with Crippen LogP contribution in [0.5, 0.6) is 0 Å². The van der Waals surface area contributed by atoms with Gasteiger partial charge in [-0.1, -0.05) is 0 Å². The minimum absolute atomic E-state index is 0.332. The Morgan fingerprint density at radius 1 is 1.38 bits per heavy atom. The molecule has 108 valence electrons. The number of hydrogen-bond donors (Lipinski definition) is 1. The van der Waals surface area contributed by atoms with Crippen molar-refractivity contribution in [2.24, 2.45) is 0 Å². The lowest BCUT2D eigenvalue weighted by Gasteiger charge is -2.22. The Morgan fingerprint density at radius 2 is 2.38 bits per heavy atom. The molecule has 1 aliphatic heterocycles. The van der Waals surface area contributed by atoms with E-state index in [0.29, 0.717) is 30.1 Å². The third-order valence-electron chi connectivity index (χ3n) is 3.55. The molecule has 0 bridgehead atoms. The van der Waals surface area contributed by atoms with E-state index in [4.69, 9.17) is 8.83 Å². The Bertz CT molecular complexity index is 717. The molecule has 0 aliphatic carbocycles. The zero-order valence-corrected chi connectivity index (χ0v) is 11.3. The van der Waals surface area contributed by atoms with Crippen LogP contribution in [-0.2, 0) is 19.5 Å². The number of nitrogens with one attached hydrogen (secondary N) is 1. The van der Waals surface area contributed by atoms with E-state index >= 15 is 0 Å². The number of aromatic nitrogens is 5. The molecule has 8 heteroatoms. The number of hydrogen-bond acceptors (Lipinski definition) is 7. The van der Waals surface area contributed by atoms with Crippen molar-refractivity contribution in [3.05, 3.63) is 36.4 Å². The van der Waals surface area contributed by atoms with E-state index in [1.165, 1.54) is 0 Å². The normalized spacial score (nSPS) is 17.8. The summed E-state index contributed by atoms with van der Waals surface area (Å²) in [7, 11) is 0. The summed E-state index contributed by atoms with van der Waals surface area (Å²) in [4.78, 5) is 4.21. The molecule has 0 aromatic carbocycles. The fourth-order valence-corrected chi connectivity index (χ4v) is 2.46. The highest BCUT2D eigenvalue weighted by Gasteiger charge is 2.20. The lowest BCUT2D eigenvalue weighted by molar-refractivity contribution is 0.341. The first-order chi connectivity index (χ1) is 10.4. The predicted octanol–water partition coefficient (Wildman–Crippen LogP) is 1.03. The molecule has 0 saturated heterocycles. The van der Waals surface area contributed by atoms with Crippen molar-refractivity contribution < 1.29 is 8.83 Å². The van der Waals surface area contributed by atoms with Gasteiger partial charge in [0, 0.05) is 12.5 Å². The lowest BCUT2D eigenvalue weighted by Crippen LogP contribution is -2.37. The van der Waals surface area contributed by atoms with Gasteiger partial charge in [-0.3, -0.25) is 0 Å². The molecule has 1 N–H and O–H groups in total. The summed E-state index contributed by atoms with van der Waals surface area (Å²) in [6, 6.07) is 3.91. The summed E-state index contributed by atoms with van der Waals surface area (Å²) in [5.74, 6) is 2.58. The highest BCUT2D eigenvalue weighted by Crippen LogP contribution is 2.18. The molecule has 0 amide bonds. The minimum atomic E-state index is 0.332. The molecule has 3 aromatic heterocycles. The second-order valence-electron chi connectivity index (χ2n) is 4.95. The summed E-state index contributed by atoms with van der Waals surface area (Å²) in [5, 5.41) is 15.6. The molecule has 21 heavy (non-hydrogen) atoms. The number of fused-ring (bicyclic) bond motifs is 1. The van der Waals surface area contributed by atoms with Crippen molar-refractivity contribution in [3.8, 4) is 11.7 Å². The Morgan fingerprint density at radius 3 is 3.29 bits per heavy atom. The number of rotatable bonds is 4. The van der Waals surface area contributed by atoms with Crippen LogP contribution in [0.15, 0.2) is 33.6 Å². The molecular formula is C13H14N6O2. The molecule has 0 radical (unpaired) electrons. The molecular weight excluding hydrogens is 272 g/mol. The van der Waals surface area contributed by atoms with Gasteiger partial charge in [0.1, 0.15) is 12.2 Å². The van der Waals surface area contributed by atoms with Gasteiger partial charge in [0.05, 0.1) is 19.4 Å². The SMILES string of the molecule is c1coc(-c2nnc(CNC3CCc4ncnn4C3)o2)c1. The van der Waals surface area contributed by atoms with Gasteiger partial charge in [-0.2, -0.15) is 5.10 Å². The second-order valence-corrected chi connectivity index (χ2v) is 4.95. The van der Waals surface area contributed by atoms with E-state index in [9.17, 15) is 0 Å². The summed E-state index contributed by atoms with van der Waals surface area (Å²) in [5.41, 5.74) is 0. The van der Waals surface area contributed by atoms with E-state index in [1.54, 1.807) is 24.7 Å². The first-order valence-electron chi connectivity index (χ1n) is 6.85. The fourth-order valence-electron chi connectivity index (χ4n) is 2.46. The second kappa shape index (κ2) is 5.13. The van der Waals surface area contributed by atoms with Crippen molar-refractivity contribution >= 4 is 0 Å². The monoisotopic (exact) mass is 286 g/mol. The molecule has 1 unspecified atom stereocenters. The molecule has 4 heterocycles. The highest BCUT2D eigenvalue weighted by atomic mass is 16.4. The van der Waals surface area contributed by atoms with E-state index < -0.39 is 0 Å². The Balaban J connectivity index is 1.37. The van der Waals surface area contributed by atoms with Crippen molar-refractivity contribution in [3.63, 3.8) is 0 Å². The van der Waals surface area contributed by atoms with Crippen molar-refractivity contribution in [1.29, 1.82) is 0 Å². The maximum Gasteiger partial charge on any atom is 0.283 e. The minimum Gasteiger partial charge on any atom is -0.459 e. The molecule has 1 aliphatic rings. The maximum atomic E-state index is 5.56. The first kappa shape index (κ1) is 12.3. The van der Waals surface area contributed by atoms with Crippen LogP contribution in [0.2, 0.25) is 0 Å². The van der Waals surface area contributed by atoms with Crippen LogP contribution >= 0.6 is 0 Å². The Labute approximate surface area is 120 Å². The van der Waals surface area contributed by atoms with Gasteiger partial charge in [-0.15, -0.1) is 10.2 Å². The van der Waals surface area contributed by atoms with Crippen molar-refractivity contribution in [1.82, 2.24) is 30.3 Å². The van der Waals surface area contributed by atoms with Crippen LogP contribution in [0, 0.1) is 0 Å². The van der Waals surface area contributed by atoms with Crippen molar-refractivity contribution in [2.45, 2.75) is 32.0 Å². The van der Waals surface area contributed by atoms with Crippen LogP contribution in [0.25, 0.3) is 11.7 Å².